The van der Waals surface area contributed by atoms with Crippen molar-refractivity contribution in [1.82, 2.24) is 8.75 Å². The summed E-state index contributed by atoms with van der Waals surface area (Å²) in [7, 11) is 0. The molecule has 3 aromatic carbocycles. The monoisotopic (exact) mass is 406 g/mol. The maximum absolute atomic E-state index is 12.9. The van der Waals surface area contributed by atoms with Crippen molar-refractivity contribution in [3.63, 3.8) is 0 Å². The number of anilines is 1. The van der Waals surface area contributed by atoms with Gasteiger partial charge in [0.25, 0.3) is 11.8 Å². The normalized spacial score (nSPS) is 12.4. The molecule has 0 saturated carbocycles. The molecule has 0 radical (unpaired) electrons. The summed E-state index contributed by atoms with van der Waals surface area (Å²) in [6, 6.07) is 19.3. The van der Waals surface area contributed by atoms with Crippen molar-refractivity contribution >= 4 is 40.3 Å². The number of imide groups is 1. The lowest BCUT2D eigenvalue weighted by atomic mass is 10.0. The molecule has 0 saturated heterocycles. The smallest absolute Gasteiger partial charge is 0.266 e. The van der Waals surface area contributed by atoms with Gasteiger partial charge < -0.3 is 0 Å². The predicted octanol–water partition coefficient (Wildman–Crippen LogP) is 3.76. The molecule has 1 aliphatic heterocycles. The summed E-state index contributed by atoms with van der Waals surface area (Å²) in [6.45, 7) is 0. The van der Waals surface area contributed by atoms with Crippen LogP contribution in [0.15, 0.2) is 60.7 Å². The standard InChI is InChI=1S/C23H10N4O2S/c24-13-16-10-9-15(20-21(16)26-30-25-20)8-6-14-7-11-18-19(12-14)23(29)27(22(18)28)17-4-2-1-3-5-17/h1-5,7,9-12H. The van der Waals surface area contributed by atoms with Gasteiger partial charge in [0.1, 0.15) is 17.1 Å². The number of amides is 2. The Bertz CT molecular complexity index is 1460. The summed E-state index contributed by atoms with van der Waals surface area (Å²) < 4.78 is 8.39. The van der Waals surface area contributed by atoms with E-state index in [1.807, 2.05) is 6.07 Å². The molecule has 6 nitrogen and oxygen atoms in total. The lowest BCUT2D eigenvalue weighted by Crippen LogP contribution is -2.29. The second-order valence-corrected chi connectivity index (χ2v) is 7.05. The van der Waals surface area contributed by atoms with Crippen molar-refractivity contribution in [1.29, 1.82) is 5.26 Å². The van der Waals surface area contributed by atoms with E-state index in [0.717, 1.165) is 11.7 Å². The number of carbonyl (C=O) groups excluding carboxylic acids is 2. The highest BCUT2D eigenvalue weighted by molar-refractivity contribution is 7.00. The number of para-hydroxylation sites is 1. The maximum atomic E-state index is 12.9. The van der Waals surface area contributed by atoms with Gasteiger partial charge in [-0.3, -0.25) is 9.59 Å². The summed E-state index contributed by atoms with van der Waals surface area (Å²) in [6.07, 6.45) is 0. The lowest BCUT2D eigenvalue weighted by Gasteiger charge is -2.13. The largest absolute Gasteiger partial charge is 0.268 e. The van der Waals surface area contributed by atoms with E-state index in [9.17, 15) is 14.9 Å². The van der Waals surface area contributed by atoms with Crippen LogP contribution in [0.5, 0.6) is 0 Å². The first-order valence-electron chi connectivity index (χ1n) is 8.92. The minimum absolute atomic E-state index is 0.330. The van der Waals surface area contributed by atoms with E-state index in [4.69, 9.17) is 0 Å². The number of nitriles is 1. The van der Waals surface area contributed by atoms with Crippen LogP contribution in [0.2, 0.25) is 0 Å². The van der Waals surface area contributed by atoms with E-state index >= 15 is 0 Å². The molecule has 2 amide bonds. The molecule has 5 rings (SSSR count). The van der Waals surface area contributed by atoms with E-state index < -0.39 is 0 Å². The van der Waals surface area contributed by atoms with Gasteiger partial charge in [-0.25, -0.2) is 4.90 Å². The molecule has 0 N–H and O–H groups in total. The molecular formula is C23H10N4O2S. The third kappa shape index (κ3) is 2.74. The highest BCUT2D eigenvalue weighted by atomic mass is 32.1. The van der Waals surface area contributed by atoms with Gasteiger partial charge in [0, 0.05) is 5.56 Å². The summed E-state index contributed by atoms with van der Waals surface area (Å²) in [5.74, 6) is 5.35. The number of aromatic nitrogens is 2. The van der Waals surface area contributed by atoms with Crippen molar-refractivity contribution < 1.29 is 9.59 Å². The van der Waals surface area contributed by atoms with Crippen LogP contribution >= 0.6 is 11.7 Å². The van der Waals surface area contributed by atoms with Crippen molar-refractivity contribution in [3.05, 3.63) is 88.5 Å². The van der Waals surface area contributed by atoms with Gasteiger partial charge in [-0.2, -0.15) is 14.0 Å². The Morgan fingerprint density at radius 3 is 2.27 bits per heavy atom. The van der Waals surface area contributed by atoms with E-state index in [1.165, 1.54) is 4.90 Å². The van der Waals surface area contributed by atoms with E-state index in [1.54, 1.807) is 54.6 Å². The molecule has 0 atom stereocenters. The molecule has 2 heterocycles. The van der Waals surface area contributed by atoms with Crippen LogP contribution in [0.25, 0.3) is 11.0 Å². The van der Waals surface area contributed by atoms with Gasteiger partial charge in [0.2, 0.25) is 0 Å². The molecule has 4 aromatic rings. The Morgan fingerprint density at radius 2 is 1.50 bits per heavy atom. The first-order chi connectivity index (χ1) is 14.7. The fraction of sp³-hybridized carbons (Fsp3) is 0. The van der Waals surface area contributed by atoms with E-state index in [-0.39, 0.29) is 11.8 Å². The molecule has 1 aromatic heterocycles. The minimum atomic E-state index is -0.366. The molecule has 0 aliphatic carbocycles. The first kappa shape index (κ1) is 17.7. The topological polar surface area (TPSA) is 87.0 Å². The average molecular weight is 406 g/mol. The Balaban J connectivity index is 1.52. The van der Waals surface area contributed by atoms with Crippen molar-refractivity contribution in [2.24, 2.45) is 0 Å². The number of nitrogens with zero attached hydrogens (tertiary/aromatic N) is 4. The molecule has 30 heavy (non-hydrogen) atoms. The predicted molar refractivity (Wildman–Crippen MR) is 112 cm³/mol. The zero-order valence-corrected chi connectivity index (χ0v) is 16.1. The molecule has 0 fully saturated rings. The maximum Gasteiger partial charge on any atom is 0.266 e. The van der Waals surface area contributed by atoms with Crippen LogP contribution in [-0.2, 0) is 0 Å². The van der Waals surface area contributed by atoms with Gasteiger partial charge >= 0.3 is 0 Å². The molecule has 140 valence electrons. The minimum Gasteiger partial charge on any atom is -0.268 e. The van der Waals surface area contributed by atoms with Gasteiger partial charge in [-0.15, -0.1) is 0 Å². The van der Waals surface area contributed by atoms with E-state index in [0.29, 0.717) is 44.5 Å². The van der Waals surface area contributed by atoms with E-state index in [2.05, 4.69) is 26.7 Å². The van der Waals surface area contributed by atoms with Gasteiger partial charge in [0.05, 0.1) is 39.7 Å². The van der Waals surface area contributed by atoms with Crippen molar-refractivity contribution in [3.8, 4) is 17.9 Å². The summed E-state index contributed by atoms with van der Waals surface area (Å²) in [5, 5.41) is 9.18. The zero-order chi connectivity index (χ0) is 20.7. The Hall–Kier alpha value is -4.33. The summed E-state index contributed by atoms with van der Waals surface area (Å²) in [4.78, 5) is 26.7. The van der Waals surface area contributed by atoms with Crippen LogP contribution in [0.4, 0.5) is 5.69 Å². The summed E-state index contributed by atoms with van der Waals surface area (Å²) >= 11 is 1.03. The highest BCUT2D eigenvalue weighted by Crippen LogP contribution is 2.29. The van der Waals surface area contributed by atoms with Gasteiger partial charge in [-0.05, 0) is 42.5 Å². The van der Waals surface area contributed by atoms with Gasteiger partial charge in [-0.1, -0.05) is 30.0 Å². The Labute approximate surface area is 175 Å². The van der Waals surface area contributed by atoms with Crippen molar-refractivity contribution in [2.75, 3.05) is 4.90 Å². The lowest BCUT2D eigenvalue weighted by molar-refractivity contribution is 0.0926. The fourth-order valence-electron chi connectivity index (χ4n) is 3.33. The van der Waals surface area contributed by atoms with Crippen LogP contribution < -0.4 is 4.90 Å². The Kier molecular flexibility index (Phi) is 4.10. The molecule has 0 bridgehead atoms. The zero-order valence-electron chi connectivity index (χ0n) is 15.3. The summed E-state index contributed by atoms with van der Waals surface area (Å²) in [5.41, 5.74) is 4.03. The molecular weight excluding hydrogens is 396 g/mol. The van der Waals surface area contributed by atoms with Crippen LogP contribution in [0.3, 0.4) is 0 Å². The van der Waals surface area contributed by atoms with Crippen LogP contribution in [0.1, 0.15) is 37.4 Å². The molecule has 7 heteroatoms. The second kappa shape index (κ2) is 6.93. The quantitative estimate of drug-likeness (QED) is 0.355. The number of benzene rings is 3. The average Bonchev–Trinajstić information content (AvgIpc) is 3.36. The third-order valence-electron chi connectivity index (χ3n) is 4.78. The molecule has 0 spiro atoms. The third-order valence-corrected chi connectivity index (χ3v) is 5.31. The number of fused-ring (bicyclic) bond motifs is 2. The number of hydrogen-bond donors (Lipinski definition) is 0. The number of rotatable bonds is 1. The van der Waals surface area contributed by atoms with Crippen molar-refractivity contribution in [2.45, 2.75) is 0 Å². The second-order valence-electron chi connectivity index (χ2n) is 6.53. The molecule has 1 aliphatic rings. The Morgan fingerprint density at radius 1 is 0.800 bits per heavy atom. The number of carbonyl (C=O) groups is 2. The number of hydrogen-bond acceptors (Lipinski definition) is 6. The molecule has 0 unspecified atom stereocenters. The first-order valence-corrected chi connectivity index (χ1v) is 9.65. The highest BCUT2D eigenvalue weighted by Gasteiger charge is 2.36. The fourth-order valence-corrected chi connectivity index (χ4v) is 3.90. The van der Waals surface area contributed by atoms with Gasteiger partial charge in [0.15, 0.2) is 0 Å². The van der Waals surface area contributed by atoms with Crippen LogP contribution in [0, 0.1) is 23.2 Å². The SMILES string of the molecule is N#Cc1ccc(C#Cc2ccc3c(c2)C(=O)N(c2ccccc2)C3=O)c2nsnc12. The van der Waals surface area contributed by atoms with Crippen LogP contribution in [-0.4, -0.2) is 20.6 Å².